The Morgan fingerprint density at radius 3 is 3.00 bits per heavy atom. The normalized spacial score (nSPS) is 23.8. The second-order valence-corrected chi connectivity index (χ2v) is 5.05. The minimum Gasteiger partial charge on any atom is -0.409 e. The molecule has 0 amide bonds. The fourth-order valence-corrected chi connectivity index (χ4v) is 2.40. The molecule has 1 aliphatic heterocycles. The monoisotopic (exact) mass is 283 g/mol. The zero-order valence-electron chi connectivity index (χ0n) is 10.8. The lowest BCUT2D eigenvalue weighted by atomic mass is 10.1. The van der Waals surface area contributed by atoms with Crippen molar-refractivity contribution < 1.29 is 9.94 Å². The molecule has 0 spiro atoms. The van der Waals surface area contributed by atoms with Gasteiger partial charge in [-0.15, -0.1) is 0 Å². The zero-order valence-corrected chi connectivity index (χ0v) is 11.5. The number of hydrogen-bond acceptors (Lipinski definition) is 4. The lowest BCUT2D eigenvalue weighted by molar-refractivity contribution is 0.113. The highest BCUT2D eigenvalue weighted by atomic mass is 35.5. The highest BCUT2D eigenvalue weighted by Crippen LogP contribution is 2.19. The maximum Gasteiger partial charge on any atom is 0.170 e. The van der Waals surface area contributed by atoms with Gasteiger partial charge in [0.05, 0.1) is 6.10 Å². The number of hydrogen-bond donors (Lipinski definition) is 3. The molecule has 19 heavy (non-hydrogen) atoms. The Morgan fingerprint density at radius 1 is 1.63 bits per heavy atom. The maximum atomic E-state index is 8.62. The van der Waals surface area contributed by atoms with Crippen molar-refractivity contribution in [2.45, 2.75) is 32.0 Å². The van der Waals surface area contributed by atoms with Crippen LogP contribution >= 0.6 is 11.6 Å². The number of halogens is 1. The van der Waals surface area contributed by atoms with E-state index in [-0.39, 0.29) is 11.9 Å². The number of nitrogens with zero attached hydrogens (tertiary/aromatic N) is 1. The summed E-state index contributed by atoms with van der Waals surface area (Å²) in [5.41, 5.74) is 7.10. The van der Waals surface area contributed by atoms with Gasteiger partial charge < -0.3 is 21.0 Å². The van der Waals surface area contributed by atoms with E-state index in [0.717, 1.165) is 18.6 Å². The summed E-state index contributed by atoms with van der Waals surface area (Å²) >= 11 is 6.19. The molecular weight excluding hydrogens is 266 g/mol. The second kappa shape index (κ2) is 6.23. The molecular formula is C13H18ClN3O2. The fraction of sp³-hybridized carbons (Fsp3) is 0.462. The van der Waals surface area contributed by atoms with Gasteiger partial charge in [-0.05, 0) is 25.0 Å². The third-order valence-electron chi connectivity index (χ3n) is 3.39. The summed E-state index contributed by atoms with van der Waals surface area (Å²) in [5.74, 6) is 0.0548. The minimum absolute atomic E-state index is 0.0548. The van der Waals surface area contributed by atoms with Crippen molar-refractivity contribution in [1.29, 1.82) is 0 Å². The molecule has 1 aromatic carbocycles. The van der Waals surface area contributed by atoms with Crippen molar-refractivity contribution in [3.63, 3.8) is 0 Å². The Morgan fingerprint density at radius 2 is 2.42 bits per heavy atom. The summed E-state index contributed by atoms with van der Waals surface area (Å²) in [4.78, 5) is 0. The van der Waals surface area contributed by atoms with E-state index < -0.39 is 0 Å². The SMILES string of the molecule is CC1OCCC1NCc1ccc(/C(N)=N/O)cc1Cl. The molecule has 2 rings (SSSR count). The van der Waals surface area contributed by atoms with Crippen LogP contribution in [0.25, 0.3) is 0 Å². The van der Waals surface area contributed by atoms with Crippen molar-refractivity contribution >= 4 is 17.4 Å². The van der Waals surface area contributed by atoms with Gasteiger partial charge in [0, 0.05) is 29.8 Å². The first-order valence-electron chi connectivity index (χ1n) is 6.23. The summed E-state index contributed by atoms with van der Waals surface area (Å²) in [7, 11) is 0. The minimum atomic E-state index is 0.0548. The van der Waals surface area contributed by atoms with E-state index in [1.807, 2.05) is 6.07 Å². The third-order valence-corrected chi connectivity index (χ3v) is 3.74. The molecule has 4 N–H and O–H groups in total. The molecule has 1 saturated heterocycles. The van der Waals surface area contributed by atoms with Gasteiger partial charge >= 0.3 is 0 Å². The Balaban J connectivity index is 2.01. The number of rotatable bonds is 4. The summed E-state index contributed by atoms with van der Waals surface area (Å²) < 4.78 is 5.49. The molecule has 2 unspecified atom stereocenters. The summed E-state index contributed by atoms with van der Waals surface area (Å²) in [6, 6.07) is 5.72. The van der Waals surface area contributed by atoms with Gasteiger partial charge in [0.15, 0.2) is 5.84 Å². The summed E-state index contributed by atoms with van der Waals surface area (Å²) in [6.07, 6.45) is 1.25. The maximum absolute atomic E-state index is 8.62. The molecule has 0 aliphatic carbocycles. The molecule has 0 saturated carbocycles. The smallest absolute Gasteiger partial charge is 0.170 e. The van der Waals surface area contributed by atoms with E-state index in [2.05, 4.69) is 17.4 Å². The fourth-order valence-electron chi connectivity index (χ4n) is 2.15. The predicted molar refractivity (Wildman–Crippen MR) is 74.6 cm³/mol. The quantitative estimate of drug-likeness (QED) is 0.340. The van der Waals surface area contributed by atoms with E-state index in [9.17, 15) is 0 Å². The van der Waals surface area contributed by atoms with Crippen molar-refractivity contribution in [2.24, 2.45) is 10.9 Å². The first kappa shape index (κ1) is 14.1. The van der Waals surface area contributed by atoms with Crippen LogP contribution in [0.5, 0.6) is 0 Å². The van der Waals surface area contributed by atoms with Gasteiger partial charge in [-0.3, -0.25) is 0 Å². The van der Waals surface area contributed by atoms with E-state index >= 15 is 0 Å². The van der Waals surface area contributed by atoms with Gasteiger partial charge in [0.25, 0.3) is 0 Å². The third kappa shape index (κ3) is 3.37. The largest absolute Gasteiger partial charge is 0.409 e. The van der Waals surface area contributed by atoms with Crippen LogP contribution in [0.3, 0.4) is 0 Å². The number of ether oxygens (including phenoxy) is 1. The van der Waals surface area contributed by atoms with E-state index in [0.29, 0.717) is 23.2 Å². The Hall–Kier alpha value is -1.30. The number of benzene rings is 1. The molecule has 5 nitrogen and oxygen atoms in total. The number of nitrogens with two attached hydrogens (primary N) is 1. The van der Waals surface area contributed by atoms with Crippen LogP contribution in [-0.2, 0) is 11.3 Å². The van der Waals surface area contributed by atoms with Crippen LogP contribution in [0.15, 0.2) is 23.4 Å². The molecule has 1 heterocycles. The van der Waals surface area contributed by atoms with Crippen LogP contribution in [-0.4, -0.2) is 29.8 Å². The molecule has 1 fully saturated rings. The Bertz CT molecular complexity index is 479. The van der Waals surface area contributed by atoms with Crippen LogP contribution in [0, 0.1) is 0 Å². The molecule has 0 radical (unpaired) electrons. The molecule has 1 aliphatic rings. The zero-order chi connectivity index (χ0) is 13.8. The van der Waals surface area contributed by atoms with E-state index in [1.54, 1.807) is 12.1 Å². The van der Waals surface area contributed by atoms with Crippen LogP contribution in [0.1, 0.15) is 24.5 Å². The van der Waals surface area contributed by atoms with Crippen molar-refractivity contribution in [3.8, 4) is 0 Å². The highest BCUT2D eigenvalue weighted by Gasteiger charge is 2.23. The molecule has 0 bridgehead atoms. The lowest BCUT2D eigenvalue weighted by Gasteiger charge is -2.16. The average molecular weight is 284 g/mol. The molecule has 104 valence electrons. The Labute approximate surface area is 117 Å². The van der Waals surface area contributed by atoms with Gasteiger partial charge in [-0.25, -0.2) is 0 Å². The van der Waals surface area contributed by atoms with Crippen molar-refractivity contribution in [2.75, 3.05) is 6.61 Å². The topological polar surface area (TPSA) is 79.9 Å². The standard InChI is InChI=1S/C13H18ClN3O2/c1-8-12(4-5-19-8)16-7-10-3-2-9(6-11(10)14)13(15)17-18/h2-3,6,8,12,16,18H,4-5,7H2,1H3,(H2,15,17). The van der Waals surface area contributed by atoms with Crippen molar-refractivity contribution in [1.82, 2.24) is 5.32 Å². The number of oxime groups is 1. The first-order chi connectivity index (χ1) is 9.11. The predicted octanol–water partition coefficient (Wildman–Crippen LogP) is 1.70. The molecule has 1 aromatic rings. The lowest BCUT2D eigenvalue weighted by Crippen LogP contribution is -2.34. The van der Waals surface area contributed by atoms with Gasteiger partial charge in [-0.2, -0.15) is 0 Å². The van der Waals surface area contributed by atoms with Gasteiger partial charge in [-0.1, -0.05) is 28.9 Å². The highest BCUT2D eigenvalue weighted by molar-refractivity contribution is 6.31. The van der Waals surface area contributed by atoms with Gasteiger partial charge in [0.1, 0.15) is 0 Å². The second-order valence-electron chi connectivity index (χ2n) is 4.64. The number of nitrogens with one attached hydrogen (secondary N) is 1. The average Bonchev–Trinajstić information content (AvgIpc) is 2.82. The molecule has 2 atom stereocenters. The Kier molecular flexibility index (Phi) is 4.63. The first-order valence-corrected chi connectivity index (χ1v) is 6.61. The van der Waals surface area contributed by atoms with Gasteiger partial charge in [0.2, 0.25) is 0 Å². The molecule has 6 heteroatoms. The summed E-state index contributed by atoms with van der Waals surface area (Å²) in [6.45, 7) is 3.54. The number of amidine groups is 1. The van der Waals surface area contributed by atoms with Crippen LogP contribution in [0.2, 0.25) is 5.02 Å². The van der Waals surface area contributed by atoms with Crippen LogP contribution < -0.4 is 11.1 Å². The van der Waals surface area contributed by atoms with Crippen molar-refractivity contribution in [3.05, 3.63) is 34.3 Å². The van der Waals surface area contributed by atoms with E-state index in [4.69, 9.17) is 27.3 Å². The van der Waals surface area contributed by atoms with Crippen LogP contribution in [0.4, 0.5) is 0 Å². The molecule has 0 aromatic heterocycles. The summed E-state index contributed by atoms with van der Waals surface area (Å²) in [5, 5.41) is 15.6. The van der Waals surface area contributed by atoms with E-state index in [1.165, 1.54) is 0 Å².